The first-order valence-electron chi connectivity index (χ1n) is 6.17. The van der Waals surface area contributed by atoms with Gasteiger partial charge in [0.1, 0.15) is 6.54 Å². The van der Waals surface area contributed by atoms with E-state index in [1.165, 1.54) is 7.11 Å². The quantitative estimate of drug-likeness (QED) is 0.433. The SMILES string of the molecule is COC(=O)Cn1cc(BOC(C)(C)C(C)(C)P)cn1. The zero-order valence-corrected chi connectivity index (χ0v) is 13.4. The van der Waals surface area contributed by atoms with Gasteiger partial charge in [-0.3, -0.25) is 9.48 Å². The van der Waals surface area contributed by atoms with E-state index in [-0.39, 0.29) is 23.3 Å². The van der Waals surface area contributed by atoms with Crippen molar-refractivity contribution >= 4 is 28.2 Å². The summed E-state index contributed by atoms with van der Waals surface area (Å²) in [6.07, 6.45) is 3.50. The van der Waals surface area contributed by atoms with Gasteiger partial charge in [-0.1, -0.05) is 13.8 Å². The van der Waals surface area contributed by atoms with E-state index in [0.717, 1.165) is 5.46 Å². The van der Waals surface area contributed by atoms with Crippen LogP contribution in [0.15, 0.2) is 12.4 Å². The predicted octanol–water partition coefficient (Wildman–Crippen LogP) is 0.482. The minimum Gasteiger partial charge on any atom is -0.468 e. The van der Waals surface area contributed by atoms with Gasteiger partial charge >= 0.3 is 13.5 Å². The molecule has 0 aromatic carbocycles. The van der Waals surface area contributed by atoms with Crippen LogP contribution >= 0.6 is 9.24 Å². The minimum atomic E-state index is -0.318. The average Bonchev–Trinajstić information content (AvgIpc) is 2.72. The Morgan fingerprint density at radius 3 is 2.63 bits per heavy atom. The number of carbonyl (C=O) groups is 1. The molecule has 0 saturated carbocycles. The third-order valence-corrected chi connectivity index (χ3v) is 4.05. The molecule has 7 heteroatoms. The van der Waals surface area contributed by atoms with Crippen molar-refractivity contribution in [2.45, 2.75) is 45.0 Å². The second-order valence-corrected chi connectivity index (χ2v) is 7.09. The average molecular weight is 284 g/mol. The van der Waals surface area contributed by atoms with Crippen LogP contribution in [0, 0.1) is 0 Å². The van der Waals surface area contributed by atoms with Crippen molar-refractivity contribution in [2.24, 2.45) is 0 Å². The van der Waals surface area contributed by atoms with Gasteiger partial charge in [-0.25, -0.2) is 0 Å². The van der Waals surface area contributed by atoms with Crippen molar-refractivity contribution in [3.05, 3.63) is 12.4 Å². The Kier molecular flexibility index (Phi) is 5.16. The van der Waals surface area contributed by atoms with E-state index in [4.69, 9.17) is 4.65 Å². The highest BCUT2D eigenvalue weighted by atomic mass is 31.0. The summed E-state index contributed by atoms with van der Waals surface area (Å²) in [5.74, 6) is -0.318. The number of carbonyl (C=O) groups excluding carboxylic acids is 1. The molecule has 0 aliphatic rings. The Balaban J connectivity index is 2.58. The topological polar surface area (TPSA) is 53.4 Å². The first-order valence-corrected chi connectivity index (χ1v) is 6.74. The lowest BCUT2D eigenvalue weighted by Crippen LogP contribution is -2.45. The predicted molar refractivity (Wildman–Crippen MR) is 80.0 cm³/mol. The fourth-order valence-electron chi connectivity index (χ4n) is 1.21. The number of hydrogen-bond donors (Lipinski definition) is 0. The van der Waals surface area contributed by atoms with Gasteiger partial charge in [-0.15, -0.1) is 9.24 Å². The standard InChI is InChI=1S/C12H22BN2O3P/c1-11(2,12(3,4)19)18-13-9-6-14-15(7-9)8-10(16)17-5/h6-7,13H,8,19H2,1-5H3. The number of ether oxygens (including phenoxy) is 1. The summed E-state index contributed by atoms with van der Waals surface area (Å²) in [7, 11) is 4.62. The summed E-state index contributed by atoms with van der Waals surface area (Å²) in [5, 5.41) is 4.06. The molecule has 0 spiro atoms. The van der Waals surface area contributed by atoms with E-state index in [9.17, 15) is 4.79 Å². The highest BCUT2D eigenvalue weighted by Crippen LogP contribution is 2.32. The van der Waals surface area contributed by atoms with Crippen LogP contribution in [0.25, 0.3) is 0 Å². The van der Waals surface area contributed by atoms with Gasteiger partial charge < -0.3 is 9.39 Å². The molecule has 1 heterocycles. The van der Waals surface area contributed by atoms with Crippen LogP contribution in [0.3, 0.4) is 0 Å². The number of nitrogens with zero attached hydrogens (tertiary/aromatic N) is 2. The third kappa shape index (κ3) is 4.62. The summed E-state index contributed by atoms with van der Waals surface area (Å²) in [5.41, 5.74) is 0.661. The zero-order chi connectivity index (χ0) is 14.7. The molecule has 1 atom stereocenters. The number of rotatable bonds is 6. The largest absolute Gasteiger partial charge is 0.468 e. The summed E-state index contributed by atoms with van der Waals surface area (Å²) < 4.78 is 12.1. The third-order valence-electron chi connectivity index (χ3n) is 3.36. The molecule has 106 valence electrons. The molecule has 0 fully saturated rings. The number of hydrogen-bond acceptors (Lipinski definition) is 4. The van der Waals surface area contributed by atoms with Gasteiger partial charge in [0.15, 0.2) is 0 Å². The molecule has 0 radical (unpaired) electrons. The van der Waals surface area contributed by atoms with E-state index in [1.807, 2.05) is 0 Å². The van der Waals surface area contributed by atoms with Crippen LogP contribution < -0.4 is 5.46 Å². The molecule has 0 bridgehead atoms. The molecule has 5 nitrogen and oxygen atoms in total. The van der Waals surface area contributed by atoms with Gasteiger partial charge in [0.05, 0.1) is 12.7 Å². The van der Waals surface area contributed by atoms with Gasteiger partial charge in [0, 0.05) is 17.5 Å². The van der Waals surface area contributed by atoms with Crippen LogP contribution in [0.2, 0.25) is 0 Å². The smallest absolute Gasteiger partial charge is 0.327 e. The fourth-order valence-corrected chi connectivity index (χ4v) is 1.30. The van der Waals surface area contributed by atoms with Gasteiger partial charge in [0.25, 0.3) is 0 Å². The summed E-state index contributed by atoms with van der Waals surface area (Å²) in [6, 6.07) is 0. The normalized spacial score (nSPS) is 12.3. The molecule has 19 heavy (non-hydrogen) atoms. The van der Waals surface area contributed by atoms with Crippen LogP contribution in [0.5, 0.6) is 0 Å². The van der Waals surface area contributed by atoms with Crippen molar-refractivity contribution < 1.29 is 14.2 Å². The lowest BCUT2D eigenvalue weighted by molar-refractivity contribution is -0.141. The van der Waals surface area contributed by atoms with Gasteiger partial charge in [0.2, 0.25) is 0 Å². The molecule has 0 amide bonds. The molecular weight excluding hydrogens is 262 g/mol. The first kappa shape index (κ1) is 16.2. The Labute approximate surface area is 117 Å². The van der Waals surface area contributed by atoms with Gasteiger partial charge in [-0.05, 0) is 19.3 Å². The van der Waals surface area contributed by atoms with E-state index < -0.39 is 0 Å². The second kappa shape index (κ2) is 6.06. The number of methoxy groups -OCH3 is 1. The maximum Gasteiger partial charge on any atom is 0.327 e. The number of aromatic nitrogens is 2. The van der Waals surface area contributed by atoms with Crippen molar-refractivity contribution in [3.8, 4) is 0 Å². The monoisotopic (exact) mass is 284 g/mol. The minimum absolute atomic E-state index is 0.0327. The molecule has 1 aromatic rings. The Bertz CT molecular complexity index is 440. The molecule has 1 aromatic heterocycles. The van der Waals surface area contributed by atoms with Crippen molar-refractivity contribution in [2.75, 3.05) is 7.11 Å². The lowest BCUT2D eigenvalue weighted by atomic mass is 9.86. The van der Waals surface area contributed by atoms with E-state index in [1.54, 1.807) is 17.1 Å². The molecule has 1 unspecified atom stereocenters. The molecule has 0 saturated heterocycles. The van der Waals surface area contributed by atoms with E-state index in [0.29, 0.717) is 7.48 Å². The summed E-state index contributed by atoms with van der Waals surface area (Å²) in [6.45, 7) is 8.45. The van der Waals surface area contributed by atoms with E-state index in [2.05, 4.69) is 46.8 Å². The van der Waals surface area contributed by atoms with Crippen molar-refractivity contribution in [1.29, 1.82) is 0 Å². The molecule has 0 aliphatic heterocycles. The Hall–Kier alpha value is -0.865. The van der Waals surface area contributed by atoms with Gasteiger partial charge in [-0.2, -0.15) is 5.10 Å². The molecule has 1 rings (SSSR count). The maximum atomic E-state index is 11.1. The fraction of sp³-hybridized carbons (Fsp3) is 0.667. The zero-order valence-electron chi connectivity index (χ0n) is 12.3. The molecule has 0 aliphatic carbocycles. The van der Waals surface area contributed by atoms with Crippen LogP contribution in [0.1, 0.15) is 27.7 Å². The Morgan fingerprint density at radius 2 is 2.11 bits per heavy atom. The second-order valence-electron chi connectivity index (χ2n) is 5.64. The van der Waals surface area contributed by atoms with Crippen molar-refractivity contribution in [3.63, 3.8) is 0 Å². The number of esters is 1. The van der Waals surface area contributed by atoms with Crippen LogP contribution in [-0.4, -0.2) is 41.1 Å². The molecule has 0 N–H and O–H groups in total. The summed E-state index contributed by atoms with van der Waals surface area (Å²) >= 11 is 0. The van der Waals surface area contributed by atoms with E-state index >= 15 is 0 Å². The lowest BCUT2D eigenvalue weighted by Gasteiger charge is -2.38. The Morgan fingerprint density at radius 1 is 1.47 bits per heavy atom. The summed E-state index contributed by atoms with van der Waals surface area (Å²) in [4.78, 5) is 11.1. The first-order chi connectivity index (χ1) is 8.65. The highest BCUT2D eigenvalue weighted by Gasteiger charge is 2.33. The molecular formula is C12H22BN2O3P. The van der Waals surface area contributed by atoms with Crippen LogP contribution in [-0.2, 0) is 20.7 Å². The van der Waals surface area contributed by atoms with Crippen LogP contribution in [0.4, 0.5) is 0 Å². The maximum absolute atomic E-state index is 11.1. The highest BCUT2D eigenvalue weighted by molar-refractivity contribution is 7.19. The van der Waals surface area contributed by atoms with Crippen molar-refractivity contribution in [1.82, 2.24) is 9.78 Å².